The molecule has 0 aromatic heterocycles. The first kappa shape index (κ1) is 20.9. The van der Waals surface area contributed by atoms with Crippen molar-refractivity contribution in [1.82, 2.24) is 5.32 Å². The van der Waals surface area contributed by atoms with Crippen molar-refractivity contribution in [3.05, 3.63) is 57.6 Å². The molecule has 1 N–H and O–H groups in total. The number of methoxy groups -OCH3 is 3. The van der Waals surface area contributed by atoms with Gasteiger partial charge in [0.15, 0.2) is 11.5 Å². The first-order valence-corrected chi connectivity index (χ1v) is 8.88. The van der Waals surface area contributed by atoms with Crippen LogP contribution in [-0.4, -0.2) is 27.2 Å². The molecule has 0 aliphatic carbocycles. The Morgan fingerprint density at radius 2 is 1.67 bits per heavy atom. The summed E-state index contributed by atoms with van der Waals surface area (Å²) in [5.41, 5.74) is 1.48. The Kier molecular flexibility index (Phi) is 7.39. The summed E-state index contributed by atoms with van der Waals surface area (Å²) in [4.78, 5) is 12.3. The second-order valence-corrected chi connectivity index (χ2v) is 6.53. The molecule has 7 heteroatoms. The lowest BCUT2D eigenvalue weighted by Gasteiger charge is -2.18. The van der Waals surface area contributed by atoms with Crippen molar-refractivity contribution in [2.75, 3.05) is 21.3 Å². The maximum Gasteiger partial charge on any atom is 0.244 e. The lowest BCUT2D eigenvalue weighted by Crippen LogP contribution is -2.24. The summed E-state index contributed by atoms with van der Waals surface area (Å²) in [5.74, 6) is 1.27. The molecular formula is C20H21Cl2NO4. The van der Waals surface area contributed by atoms with Gasteiger partial charge in [0.1, 0.15) is 0 Å². The second-order valence-electron chi connectivity index (χ2n) is 5.69. The number of ether oxygens (including phenoxy) is 3. The van der Waals surface area contributed by atoms with Crippen LogP contribution in [0.2, 0.25) is 10.0 Å². The molecule has 0 saturated heterocycles. The highest BCUT2D eigenvalue weighted by molar-refractivity contribution is 6.34. The standard InChI is InChI=1S/C20H21Cl2NO4/c1-12(14-10-17(25-2)20(27-4)18(11-14)26-3)23-19(24)8-5-13-9-15(21)6-7-16(13)22/h5-12H,1-4H3,(H,23,24)/b8-5+. The molecule has 0 spiro atoms. The van der Waals surface area contributed by atoms with Crippen molar-refractivity contribution in [1.29, 1.82) is 0 Å². The van der Waals surface area contributed by atoms with Crippen molar-refractivity contribution in [3.8, 4) is 17.2 Å². The molecule has 0 aliphatic heterocycles. The van der Waals surface area contributed by atoms with Crippen LogP contribution in [0.4, 0.5) is 0 Å². The van der Waals surface area contributed by atoms with Crippen molar-refractivity contribution in [3.63, 3.8) is 0 Å². The monoisotopic (exact) mass is 409 g/mol. The Morgan fingerprint density at radius 1 is 1.04 bits per heavy atom. The number of amides is 1. The quantitative estimate of drug-likeness (QED) is 0.659. The van der Waals surface area contributed by atoms with Gasteiger partial charge in [0.2, 0.25) is 11.7 Å². The molecule has 0 aliphatic rings. The summed E-state index contributed by atoms with van der Waals surface area (Å²) in [5, 5.41) is 3.95. The highest BCUT2D eigenvalue weighted by Crippen LogP contribution is 2.39. The van der Waals surface area contributed by atoms with Gasteiger partial charge in [-0.15, -0.1) is 0 Å². The molecule has 2 rings (SSSR count). The molecule has 1 atom stereocenters. The third-order valence-electron chi connectivity index (χ3n) is 3.92. The molecule has 0 heterocycles. The van der Waals surface area contributed by atoms with Crippen LogP contribution in [0.15, 0.2) is 36.4 Å². The highest BCUT2D eigenvalue weighted by atomic mass is 35.5. The maximum absolute atomic E-state index is 12.3. The lowest BCUT2D eigenvalue weighted by atomic mass is 10.1. The molecule has 27 heavy (non-hydrogen) atoms. The van der Waals surface area contributed by atoms with E-state index in [9.17, 15) is 4.79 Å². The zero-order chi connectivity index (χ0) is 20.0. The molecule has 2 aromatic rings. The van der Waals surface area contributed by atoms with Crippen molar-refractivity contribution < 1.29 is 19.0 Å². The fourth-order valence-electron chi connectivity index (χ4n) is 2.50. The number of halogens is 2. The Morgan fingerprint density at radius 3 is 2.22 bits per heavy atom. The van der Waals surface area contributed by atoms with Crippen LogP contribution in [0.3, 0.4) is 0 Å². The second kappa shape index (κ2) is 9.53. The Hall–Kier alpha value is -2.37. The minimum absolute atomic E-state index is 0.271. The molecule has 0 radical (unpaired) electrons. The first-order valence-electron chi connectivity index (χ1n) is 8.13. The fraction of sp³-hybridized carbons (Fsp3) is 0.250. The normalized spacial score (nSPS) is 11.9. The smallest absolute Gasteiger partial charge is 0.244 e. The molecule has 1 unspecified atom stereocenters. The van der Waals surface area contributed by atoms with Crippen molar-refractivity contribution in [2.45, 2.75) is 13.0 Å². The number of carbonyl (C=O) groups excluding carboxylic acids is 1. The Bertz CT molecular complexity index is 827. The van der Waals surface area contributed by atoms with E-state index in [0.29, 0.717) is 32.9 Å². The summed E-state index contributed by atoms with van der Waals surface area (Å²) in [6, 6.07) is 8.36. The van der Waals surface area contributed by atoms with Gasteiger partial charge in [-0.2, -0.15) is 0 Å². The Labute approximate surface area is 168 Å². The van der Waals surface area contributed by atoms with Crippen LogP contribution in [0.5, 0.6) is 17.2 Å². The molecule has 2 aromatic carbocycles. The van der Waals surface area contributed by atoms with Gasteiger partial charge in [0.05, 0.1) is 27.4 Å². The van der Waals surface area contributed by atoms with E-state index in [-0.39, 0.29) is 11.9 Å². The van der Waals surface area contributed by atoms with Gasteiger partial charge in [0.25, 0.3) is 0 Å². The minimum atomic E-state index is -0.286. The molecule has 144 valence electrons. The van der Waals surface area contributed by atoms with E-state index in [0.717, 1.165) is 5.56 Å². The summed E-state index contributed by atoms with van der Waals surface area (Å²) in [6.07, 6.45) is 3.03. The van der Waals surface area contributed by atoms with Crippen molar-refractivity contribution in [2.24, 2.45) is 0 Å². The van der Waals surface area contributed by atoms with Crippen LogP contribution in [0.1, 0.15) is 24.1 Å². The predicted molar refractivity (Wildman–Crippen MR) is 108 cm³/mol. The molecule has 5 nitrogen and oxygen atoms in total. The minimum Gasteiger partial charge on any atom is -0.493 e. The van der Waals surface area contributed by atoms with Crippen LogP contribution in [0, 0.1) is 0 Å². The molecular weight excluding hydrogens is 389 g/mol. The first-order chi connectivity index (χ1) is 12.9. The van der Waals surface area contributed by atoms with E-state index >= 15 is 0 Å². The number of carbonyl (C=O) groups is 1. The molecule has 0 saturated carbocycles. The average molecular weight is 410 g/mol. The summed E-state index contributed by atoms with van der Waals surface area (Å²) >= 11 is 12.0. The van der Waals surface area contributed by atoms with E-state index in [1.807, 2.05) is 6.92 Å². The largest absolute Gasteiger partial charge is 0.493 e. The molecule has 0 fully saturated rings. The van der Waals surface area contributed by atoms with E-state index in [1.165, 1.54) is 13.2 Å². The van der Waals surface area contributed by atoms with Gasteiger partial charge >= 0.3 is 0 Å². The number of hydrogen-bond acceptors (Lipinski definition) is 4. The van der Waals surface area contributed by atoms with Crippen LogP contribution in [0.25, 0.3) is 6.08 Å². The summed E-state index contributed by atoms with van der Waals surface area (Å²) in [7, 11) is 4.63. The number of nitrogens with one attached hydrogen (secondary N) is 1. The van der Waals surface area contributed by atoms with Crippen LogP contribution in [-0.2, 0) is 4.79 Å². The van der Waals surface area contributed by atoms with Gasteiger partial charge in [-0.05, 0) is 54.5 Å². The SMILES string of the molecule is COc1cc(C(C)NC(=O)/C=C/c2cc(Cl)ccc2Cl)cc(OC)c1OC. The van der Waals surface area contributed by atoms with Gasteiger partial charge in [-0.25, -0.2) is 0 Å². The highest BCUT2D eigenvalue weighted by Gasteiger charge is 2.17. The lowest BCUT2D eigenvalue weighted by molar-refractivity contribution is -0.117. The van der Waals surface area contributed by atoms with Gasteiger partial charge in [-0.1, -0.05) is 23.2 Å². The Balaban J connectivity index is 2.16. The van der Waals surface area contributed by atoms with E-state index < -0.39 is 0 Å². The summed E-state index contributed by atoms with van der Waals surface area (Å²) in [6.45, 7) is 1.86. The van der Waals surface area contributed by atoms with E-state index in [4.69, 9.17) is 37.4 Å². The van der Waals surface area contributed by atoms with Gasteiger partial charge in [-0.3, -0.25) is 4.79 Å². The third-order valence-corrected chi connectivity index (χ3v) is 4.50. The number of hydrogen-bond donors (Lipinski definition) is 1. The van der Waals surface area contributed by atoms with Gasteiger partial charge < -0.3 is 19.5 Å². The topological polar surface area (TPSA) is 56.8 Å². The van der Waals surface area contributed by atoms with Crippen LogP contribution >= 0.6 is 23.2 Å². The van der Waals surface area contributed by atoms with E-state index in [1.54, 1.807) is 50.6 Å². The van der Waals surface area contributed by atoms with Gasteiger partial charge in [0, 0.05) is 16.1 Å². The maximum atomic E-state index is 12.3. The number of rotatable bonds is 7. The third kappa shape index (κ3) is 5.31. The number of benzene rings is 2. The fourth-order valence-corrected chi connectivity index (χ4v) is 2.87. The van der Waals surface area contributed by atoms with Crippen LogP contribution < -0.4 is 19.5 Å². The zero-order valence-corrected chi connectivity index (χ0v) is 17.0. The van der Waals surface area contributed by atoms with E-state index in [2.05, 4.69) is 5.32 Å². The zero-order valence-electron chi connectivity index (χ0n) is 15.5. The average Bonchev–Trinajstić information content (AvgIpc) is 2.67. The summed E-state index contributed by atoms with van der Waals surface area (Å²) < 4.78 is 16.0. The van der Waals surface area contributed by atoms with Crippen molar-refractivity contribution >= 4 is 35.2 Å². The molecule has 0 bridgehead atoms. The predicted octanol–water partition coefficient (Wildman–Crippen LogP) is 4.91. The molecule has 1 amide bonds.